The van der Waals surface area contributed by atoms with E-state index < -0.39 is 0 Å². The van der Waals surface area contributed by atoms with Crippen molar-refractivity contribution >= 4 is 14.0 Å². The van der Waals surface area contributed by atoms with Crippen LogP contribution in [0.4, 0.5) is 0 Å². The van der Waals surface area contributed by atoms with Crippen LogP contribution in [0.25, 0.3) is 0 Å². The van der Waals surface area contributed by atoms with Gasteiger partial charge in [-0.1, -0.05) is 103 Å². The average molecular weight is 588 g/mol. The van der Waals surface area contributed by atoms with Gasteiger partial charge in [0, 0.05) is 0 Å². The summed E-state index contributed by atoms with van der Waals surface area (Å²) < 4.78 is 0. The van der Waals surface area contributed by atoms with Gasteiger partial charge in [-0.3, -0.25) is 0 Å². The zero-order valence-electron chi connectivity index (χ0n) is 22.4. The van der Waals surface area contributed by atoms with E-state index in [1.807, 2.05) is 0 Å². The predicted molar refractivity (Wildman–Crippen MR) is 149 cm³/mol. The maximum absolute atomic E-state index is 2.29. The maximum Gasteiger partial charge on any atom is 2.00 e. The summed E-state index contributed by atoms with van der Waals surface area (Å²) in [6.07, 6.45) is 34.8. The molecule has 0 atom stereocenters. The first-order valence-corrected chi connectivity index (χ1v) is 19.5. The van der Waals surface area contributed by atoms with E-state index >= 15 is 0 Å². The molecule has 192 valence electrons. The van der Waals surface area contributed by atoms with Gasteiger partial charge in [-0.15, -0.1) is 10.8 Å². The summed E-state index contributed by atoms with van der Waals surface area (Å²) in [5.41, 5.74) is 1.72. The van der Waals surface area contributed by atoms with Crippen molar-refractivity contribution in [3.05, 3.63) is 10.1 Å². The van der Waals surface area contributed by atoms with Crippen molar-refractivity contribution in [3.8, 4) is 0 Å². The third kappa shape index (κ3) is 4.47. The number of fused-ring (bicyclic) bond motifs is 1. The van der Waals surface area contributed by atoms with E-state index in [2.05, 4.69) is 10.1 Å². The van der Waals surface area contributed by atoms with Crippen LogP contribution < -0.4 is 0 Å². The second kappa shape index (κ2) is 9.70. The largest absolute Gasteiger partial charge is 2.00 e. The van der Waals surface area contributed by atoms with Gasteiger partial charge in [-0.25, -0.2) is 0 Å². The van der Waals surface area contributed by atoms with Gasteiger partial charge in [-0.05, 0) is 74.0 Å². The summed E-state index contributed by atoms with van der Waals surface area (Å²) in [5, 5.41) is 4.58. The summed E-state index contributed by atoms with van der Waals surface area (Å²) >= 11 is 0. The minimum atomic E-state index is 0. The van der Waals surface area contributed by atoms with Crippen molar-refractivity contribution < 1.29 is 26.2 Å². The summed E-state index contributed by atoms with van der Waals surface area (Å²) in [6, 6.07) is 0. The first-order valence-electron chi connectivity index (χ1n) is 16.1. The molecule has 10 saturated carbocycles. The molecule has 2 aromatic rings. The van der Waals surface area contributed by atoms with Crippen molar-refractivity contribution in [3.63, 3.8) is 0 Å². The van der Waals surface area contributed by atoms with Crippen LogP contribution in [0.15, 0.2) is 0 Å². The van der Waals surface area contributed by atoms with Crippen LogP contribution in [-0.4, -0.2) is 0 Å². The molecule has 0 N–H and O–H groups in total. The van der Waals surface area contributed by atoms with Crippen molar-refractivity contribution in [1.82, 2.24) is 0 Å². The zero-order valence-corrected chi connectivity index (χ0v) is 26.7. The first kappa shape index (κ1) is 25.2. The summed E-state index contributed by atoms with van der Waals surface area (Å²) in [5.74, 6) is 7.00. The van der Waals surface area contributed by atoms with E-state index in [-0.39, 0.29) is 26.2 Å². The van der Waals surface area contributed by atoms with Gasteiger partial charge in [0.15, 0.2) is 0 Å². The van der Waals surface area contributed by atoms with Crippen LogP contribution in [0.5, 0.6) is 0 Å². The van der Waals surface area contributed by atoms with E-state index in [1.165, 1.54) is 99.7 Å². The second-order valence-corrected chi connectivity index (χ2v) is 21.3. The molecule has 0 aliphatic heterocycles. The monoisotopic (exact) mass is 586 g/mol. The third-order valence-corrected chi connectivity index (χ3v) is 20.4. The van der Waals surface area contributed by atoms with Crippen molar-refractivity contribution in [2.24, 2.45) is 35.5 Å². The molecule has 10 aliphatic rings. The Morgan fingerprint density at radius 1 is 0.371 bits per heavy atom. The minimum Gasteiger partial charge on any atom is -0.461 e. The topological polar surface area (TPSA) is 0 Å². The van der Waals surface area contributed by atoms with Gasteiger partial charge in [0.25, 0.3) is 0 Å². The van der Waals surface area contributed by atoms with Crippen molar-refractivity contribution in [2.45, 2.75) is 152 Å². The summed E-state index contributed by atoms with van der Waals surface area (Å²) in [4.78, 5) is 0. The predicted octanol–water partition coefficient (Wildman–Crippen LogP) is 11.1. The molecule has 0 unspecified atom stereocenters. The van der Waals surface area contributed by atoms with E-state index in [0.717, 1.165) is 10.8 Å². The Morgan fingerprint density at radius 3 is 0.771 bits per heavy atom. The Balaban J connectivity index is 0.000000162. The fourth-order valence-corrected chi connectivity index (χ4v) is 22.2. The molecule has 0 radical (unpaired) electrons. The van der Waals surface area contributed by atoms with Gasteiger partial charge in [0.05, 0.1) is 0 Å². The summed E-state index contributed by atoms with van der Waals surface area (Å²) in [6.45, 7) is 0. The van der Waals surface area contributed by atoms with Crippen LogP contribution in [0.3, 0.4) is 0 Å². The van der Waals surface area contributed by atoms with E-state index in [4.69, 9.17) is 0 Å². The molecule has 10 fully saturated rings. The van der Waals surface area contributed by atoms with E-state index in [1.54, 1.807) is 77.0 Å². The zero-order chi connectivity index (χ0) is 22.3. The molecule has 35 heavy (non-hydrogen) atoms. The van der Waals surface area contributed by atoms with Gasteiger partial charge in [-0.2, -0.15) is 0 Å². The normalized spacial score (nSPS) is 47.7. The van der Waals surface area contributed by atoms with Crippen LogP contribution in [-0.2, 0) is 37.0 Å². The average Bonchev–Trinajstić information content (AvgIpc) is 3.42. The molecule has 12 rings (SSSR count). The van der Waals surface area contributed by atoms with E-state index in [0.29, 0.717) is 14.0 Å². The molecule has 0 spiro atoms. The van der Waals surface area contributed by atoms with Gasteiger partial charge in [0.2, 0.25) is 0 Å². The molecule has 3 heteroatoms. The van der Waals surface area contributed by atoms with Crippen molar-refractivity contribution in [1.29, 1.82) is 0 Å². The number of hydrogen-bond donors (Lipinski definition) is 0. The van der Waals surface area contributed by atoms with Gasteiger partial charge in [0.1, 0.15) is 0 Å². The Labute approximate surface area is 236 Å². The molecule has 10 aliphatic carbocycles. The Bertz CT molecular complexity index is 778. The number of hydrogen-bond acceptors (Lipinski definition) is 0. The molecule has 2 aromatic heterocycles. The first-order chi connectivity index (χ1) is 16.7. The third-order valence-electron chi connectivity index (χ3n) is 12.4. The molecule has 0 amide bonds. The molecule has 0 aromatic carbocycles. The molecule has 0 saturated heterocycles. The summed E-state index contributed by atoms with van der Waals surface area (Å²) in [7, 11) is 0.892. The molecular formula is C32H50P2Zr. The molecular weight excluding hydrogens is 538 g/mol. The van der Waals surface area contributed by atoms with Crippen molar-refractivity contribution in [2.75, 3.05) is 0 Å². The molecule has 8 bridgehead atoms. The Kier molecular flexibility index (Phi) is 6.98. The standard InChI is InChI=1S/C22H30P2.2C5H10.Zr/c1-13-2-15-3-14(1)8-21(7-13,9-15)19-23-20(24(19)23)22-10-16-4-17(11-22)6-18(5-16)12-22;2*1-2-4-5-3-1;/h13-18H,1-12H2;2*1-5H2;/q-2;;;+2. The maximum atomic E-state index is 2.29. The second-order valence-electron chi connectivity index (χ2n) is 15.2. The van der Waals surface area contributed by atoms with Crippen LogP contribution in [0.2, 0.25) is 0 Å². The minimum absolute atomic E-state index is 0. The Morgan fingerprint density at radius 2 is 0.571 bits per heavy atom. The molecule has 2 heterocycles. The van der Waals surface area contributed by atoms with Gasteiger partial charge < -0.3 is 24.1 Å². The van der Waals surface area contributed by atoms with E-state index in [9.17, 15) is 0 Å². The van der Waals surface area contributed by atoms with Crippen LogP contribution in [0, 0.1) is 35.5 Å². The fourth-order valence-electron chi connectivity index (χ4n) is 11.9. The fraction of sp³-hybridized carbons (Fsp3) is 0.938. The molecule has 0 nitrogen and oxygen atoms in total. The smallest absolute Gasteiger partial charge is 0.461 e. The SMILES string of the molecule is C1C2CC3CC1CC([c-]1p4[c-](C56CC7CC(CC(C7)C5)C6)p14)(C2)C3.C1CCCC1.C1CCCC1.[Zr+2]. The number of rotatable bonds is 2. The van der Waals surface area contributed by atoms with Gasteiger partial charge >= 0.3 is 26.2 Å². The van der Waals surface area contributed by atoms with Crippen LogP contribution in [0.1, 0.15) is 151 Å². The quantitative estimate of drug-likeness (QED) is 0.307. The van der Waals surface area contributed by atoms with Crippen LogP contribution >= 0.6 is 14.0 Å². The Hall–Kier alpha value is 1.22.